The molecule has 0 aliphatic rings. The molecule has 0 unspecified atom stereocenters. The van der Waals surface area contributed by atoms with Crippen LogP contribution in [0.4, 0.5) is 0 Å². The SMILES string of the molecule is CCCNCc1nnnn1CCCOc1ccccc1. The molecule has 0 atom stereocenters. The number of ether oxygens (including phenoxy) is 1. The lowest BCUT2D eigenvalue weighted by Crippen LogP contribution is -2.18. The highest BCUT2D eigenvalue weighted by atomic mass is 16.5. The van der Waals surface area contributed by atoms with Crippen LogP contribution < -0.4 is 10.1 Å². The summed E-state index contributed by atoms with van der Waals surface area (Å²) in [7, 11) is 0. The first-order valence-corrected chi connectivity index (χ1v) is 7.03. The number of nitrogens with zero attached hydrogens (tertiary/aromatic N) is 4. The van der Waals surface area contributed by atoms with Gasteiger partial charge in [-0.2, -0.15) is 0 Å². The van der Waals surface area contributed by atoms with Gasteiger partial charge in [-0.3, -0.25) is 0 Å². The summed E-state index contributed by atoms with van der Waals surface area (Å²) in [5.41, 5.74) is 0. The van der Waals surface area contributed by atoms with Crippen LogP contribution in [0.15, 0.2) is 30.3 Å². The monoisotopic (exact) mass is 275 g/mol. The molecule has 1 heterocycles. The molecule has 0 spiro atoms. The van der Waals surface area contributed by atoms with Gasteiger partial charge in [0, 0.05) is 13.0 Å². The highest BCUT2D eigenvalue weighted by Crippen LogP contribution is 2.08. The van der Waals surface area contributed by atoms with E-state index in [1.807, 2.05) is 35.0 Å². The summed E-state index contributed by atoms with van der Waals surface area (Å²) in [4.78, 5) is 0. The number of nitrogens with one attached hydrogen (secondary N) is 1. The summed E-state index contributed by atoms with van der Waals surface area (Å²) >= 11 is 0. The predicted molar refractivity (Wildman–Crippen MR) is 76.4 cm³/mol. The van der Waals surface area contributed by atoms with E-state index in [0.29, 0.717) is 13.2 Å². The fourth-order valence-electron chi connectivity index (χ4n) is 1.82. The fourth-order valence-corrected chi connectivity index (χ4v) is 1.82. The highest BCUT2D eigenvalue weighted by Gasteiger charge is 2.04. The van der Waals surface area contributed by atoms with Crippen LogP contribution in [0.5, 0.6) is 5.75 Å². The first-order valence-electron chi connectivity index (χ1n) is 7.03. The third-order valence-corrected chi connectivity index (χ3v) is 2.84. The molecule has 2 aromatic rings. The molecule has 6 heteroatoms. The van der Waals surface area contributed by atoms with Crippen molar-refractivity contribution in [2.45, 2.75) is 32.9 Å². The van der Waals surface area contributed by atoms with Gasteiger partial charge in [0.05, 0.1) is 13.2 Å². The molecular formula is C14H21N5O. The third kappa shape index (κ3) is 4.62. The molecule has 1 aromatic carbocycles. The summed E-state index contributed by atoms with van der Waals surface area (Å²) in [6, 6.07) is 9.82. The number of aromatic nitrogens is 4. The van der Waals surface area contributed by atoms with Gasteiger partial charge in [0.2, 0.25) is 0 Å². The standard InChI is InChI=1S/C14H21N5O/c1-2-9-15-12-14-16-17-18-19(14)10-6-11-20-13-7-4-3-5-8-13/h3-5,7-8,15H,2,6,9-12H2,1H3. The van der Waals surface area contributed by atoms with Crippen molar-refractivity contribution in [2.24, 2.45) is 0 Å². The van der Waals surface area contributed by atoms with Crippen LogP contribution in [0.2, 0.25) is 0 Å². The van der Waals surface area contributed by atoms with Crippen LogP contribution in [0, 0.1) is 0 Å². The van der Waals surface area contributed by atoms with Crippen molar-refractivity contribution < 1.29 is 4.74 Å². The average molecular weight is 275 g/mol. The van der Waals surface area contributed by atoms with Gasteiger partial charge in [-0.25, -0.2) is 4.68 Å². The first kappa shape index (κ1) is 14.5. The molecule has 0 fully saturated rings. The zero-order valence-electron chi connectivity index (χ0n) is 11.8. The van der Waals surface area contributed by atoms with Crippen LogP contribution in [0.1, 0.15) is 25.6 Å². The Hall–Kier alpha value is -1.95. The van der Waals surface area contributed by atoms with Crippen molar-refractivity contribution in [1.82, 2.24) is 25.5 Å². The lowest BCUT2D eigenvalue weighted by atomic mass is 10.3. The van der Waals surface area contributed by atoms with Crippen molar-refractivity contribution >= 4 is 0 Å². The van der Waals surface area contributed by atoms with E-state index in [1.165, 1.54) is 0 Å². The van der Waals surface area contributed by atoms with Gasteiger partial charge in [-0.1, -0.05) is 25.1 Å². The number of hydrogen-bond donors (Lipinski definition) is 1. The number of aryl methyl sites for hydroxylation is 1. The smallest absolute Gasteiger partial charge is 0.165 e. The van der Waals surface area contributed by atoms with Gasteiger partial charge in [0.15, 0.2) is 5.82 Å². The molecule has 6 nitrogen and oxygen atoms in total. The van der Waals surface area contributed by atoms with Crippen LogP contribution in [-0.2, 0) is 13.1 Å². The number of tetrazole rings is 1. The number of para-hydroxylation sites is 1. The van der Waals surface area contributed by atoms with Gasteiger partial charge < -0.3 is 10.1 Å². The van der Waals surface area contributed by atoms with Crippen molar-refractivity contribution in [3.8, 4) is 5.75 Å². The van der Waals surface area contributed by atoms with E-state index < -0.39 is 0 Å². The Labute approximate surface area is 119 Å². The van der Waals surface area contributed by atoms with E-state index in [0.717, 1.165) is 37.5 Å². The Kier molecular flexibility index (Phi) is 5.98. The minimum absolute atomic E-state index is 0.658. The third-order valence-electron chi connectivity index (χ3n) is 2.84. The van der Waals surface area contributed by atoms with Crippen LogP contribution >= 0.6 is 0 Å². The molecule has 108 valence electrons. The Bertz CT molecular complexity index is 485. The highest BCUT2D eigenvalue weighted by molar-refractivity contribution is 5.20. The maximum Gasteiger partial charge on any atom is 0.165 e. The predicted octanol–water partition coefficient (Wildman–Crippen LogP) is 1.64. The molecule has 1 N–H and O–H groups in total. The van der Waals surface area contributed by atoms with Gasteiger partial charge in [0.25, 0.3) is 0 Å². The van der Waals surface area contributed by atoms with E-state index in [-0.39, 0.29) is 0 Å². The van der Waals surface area contributed by atoms with Crippen LogP contribution in [0.25, 0.3) is 0 Å². The molecular weight excluding hydrogens is 254 g/mol. The maximum atomic E-state index is 5.65. The molecule has 0 aliphatic heterocycles. The fraction of sp³-hybridized carbons (Fsp3) is 0.500. The first-order chi connectivity index (χ1) is 9.90. The second-order valence-corrected chi connectivity index (χ2v) is 4.51. The second-order valence-electron chi connectivity index (χ2n) is 4.51. The zero-order chi connectivity index (χ0) is 14.0. The number of hydrogen-bond acceptors (Lipinski definition) is 5. The van der Waals surface area contributed by atoms with E-state index in [1.54, 1.807) is 0 Å². The Morgan fingerprint density at radius 2 is 2.10 bits per heavy atom. The minimum atomic E-state index is 0.658. The summed E-state index contributed by atoms with van der Waals surface area (Å²) in [6.45, 7) is 5.25. The molecule has 0 radical (unpaired) electrons. The number of benzene rings is 1. The van der Waals surface area contributed by atoms with Crippen molar-refractivity contribution in [1.29, 1.82) is 0 Å². The van der Waals surface area contributed by atoms with Crippen LogP contribution in [-0.4, -0.2) is 33.4 Å². The summed E-state index contributed by atoms with van der Waals surface area (Å²) in [6.07, 6.45) is 1.98. The lowest BCUT2D eigenvalue weighted by Gasteiger charge is -2.07. The van der Waals surface area contributed by atoms with Crippen molar-refractivity contribution in [3.63, 3.8) is 0 Å². The minimum Gasteiger partial charge on any atom is -0.494 e. The molecule has 2 rings (SSSR count). The molecule has 0 aliphatic carbocycles. The largest absolute Gasteiger partial charge is 0.494 e. The zero-order valence-corrected chi connectivity index (χ0v) is 11.8. The molecule has 20 heavy (non-hydrogen) atoms. The van der Waals surface area contributed by atoms with Crippen LogP contribution in [0.3, 0.4) is 0 Å². The normalized spacial score (nSPS) is 10.7. The van der Waals surface area contributed by atoms with Crippen molar-refractivity contribution in [2.75, 3.05) is 13.2 Å². The Balaban J connectivity index is 1.70. The summed E-state index contributed by atoms with van der Waals surface area (Å²) in [5, 5.41) is 15.0. The number of rotatable bonds is 9. The van der Waals surface area contributed by atoms with Gasteiger partial charge in [-0.15, -0.1) is 5.10 Å². The van der Waals surface area contributed by atoms with Gasteiger partial charge >= 0.3 is 0 Å². The van der Waals surface area contributed by atoms with Gasteiger partial charge in [0.1, 0.15) is 5.75 Å². The van der Waals surface area contributed by atoms with E-state index >= 15 is 0 Å². The molecule has 0 bridgehead atoms. The molecule has 1 aromatic heterocycles. The van der Waals surface area contributed by atoms with E-state index in [2.05, 4.69) is 27.8 Å². The topological polar surface area (TPSA) is 64.9 Å². The van der Waals surface area contributed by atoms with Crippen molar-refractivity contribution in [3.05, 3.63) is 36.2 Å². The summed E-state index contributed by atoms with van der Waals surface area (Å²) < 4.78 is 7.48. The van der Waals surface area contributed by atoms with E-state index in [4.69, 9.17) is 4.74 Å². The quantitative estimate of drug-likeness (QED) is 0.705. The summed E-state index contributed by atoms with van der Waals surface area (Å²) in [5.74, 6) is 1.77. The van der Waals surface area contributed by atoms with E-state index in [9.17, 15) is 0 Å². The molecule has 0 saturated carbocycles. The molecule has 0 saturated heterocycles. The molecule has 0 amide bonds. The Morgan fingerprint density at radius 1 is 1.25 bits per heavy atom. The Morgan fingerprint density at radius 3 is 2.90 bits per heavy atom. The maximum absolute atomic E-state index is 5.65. The average Bonchev–Trinajstić information content (AvgIpc) is 2.93. The lowest BCUT2D eigenvalue weighted by molar-refractivity contribution is 0.296. The second kappa shape index (κ2) is 8.27. The van der Waals surface area contributed by atoms with Gasteiger partial charge in [-0.05, 0) is 35.5 Å².